The molecule has 5 nitrogen and oxygen atoms in total. The molecule has 1 aliphatic heterocycles. The summed E-state index contributed by atoms with van der Waals surface area (Å²) in [5.74, 6) is -0.183. The lowest BCUT2D eigenvalue weighted by Crippen LogP contribution is -2.56. The number of carbonyl (C=O) groups excluding carboxylic acids is 1. The van der Waals surface area contributed by atoms with Gasteiger partial charge in [0.15, 0.2) is 5.43 Å². The number of hydrogen-bond acceptors (Lipinski definition) is 3. The summed E-state index contributed by atoms with van der Waals surface area (Å²) < 4.78 is 0. The van der Waals surface area contributed by atoms with Gasteiger partial charge in [-0.25, -0.2) is 0 Å². The minimum Gasteiger partial charge on any atom is -0.364 e. The van der Waals surface area contributed by atoms with E-state index in [1.54, 1.807) is 11.8 Å². The number of carbonyl (C=O) groups is 1. The summed E-state index contributed by atoms with van der Waals surface area (Å²) in [5.41, 5.74) is 0.773. The fourth-order valence-electron chi connectivity index (χ4n) is 2.20. The Morgan fingerprint density at radius 2 is 2.17 bits per heavy atom. The normalized spacial score (nSPS) is 24.1. The van der Waals surface area contributed by atoms with Crippen molar-refractivity contribution < 1.29 is 4.79 Å². The average Bonchev–Trinajstić information content (AvgIpc) is 2.31. The summed E-state index contributed by atoms with van der Waals surface area (Å²) in [5, 5.41) is 3.31. The first-order valence-corrected chi connectivity index (χ1v) is 6.22. The van der Waals surface area contributed by atoms with Gasteiger partial charge in [-0.3, -0.25) is 9.59 Å². The van der Waals surface area contributed by atoms with E-state index < -0.39 is 0 Å². The second-order valence-electron chi connectivity index (χ2n) is 5.01. The molecule has 2 heterocycles. The Balaban J connectivity index is 2.27. The van der Waals surface area contributed by atoms with Crippen LogP contribution in [0.25, 0.3) is 0 Å². The summed E-state index contributed by atoms with van der Waals surface area (Å²) in [6.45, 7) is 7.21. The van der Waals surface area contributed by atoms with Crippen molar-refractivity contribution in [3.8, 4) is 0 Å². The summed E-state index contributed by atoms with van der Waals surface area (Å²) >= 11 is 0. The van der Waals surface area contributed by atoms with Crippen molar-refractivity contribution >= 4 is 5.91 Å². The third-order valence-electron chi connectivity index (χ3n) is 3.31. The predicted octanol–water partition coefficient (Wildman–Crippen LogP) is 0.506. The van der Waals surface area contributed by atoms with Crippen LogP contribution in [-0.4, -0.2) is 41.0 Å². The van der Waals surface area contributed by atoms with E-state index in [1.807, 2.05) is 13.8 Å². The number of nitrogens with zero attached hydrogens (tertiary/aromatic N) is 1. The van der Waals surface area contributed by atoms with Gasteiger partial charge in [-0.2, -0.15) is 0 Å². The largest absolute Gasteiger partial charge is 0.364 e. The maximum Gasteiger partial charge on any atom is 0.259 e. The van der Waals surface area contributed by atoms with Crippen LogP contribution in [0.2, 0.25) is 0 Å². The number of aromatic nitrogens is 1. The number of aromatic amines is 1. The molecule has 98 valence electrons. The van der Waals surface area contributed by atoms with E-state index in [2.05, 4.69) is 10.3 Å². The molecular formula is C13H19N3O2. The van der Waals surface area contributed by atoms with Crippen molar-refractivity contribution in [1.82, 2.24) is 15.2 Å². The molecule has 2 atom stereocenters. The lowest BCUT2D eigenvalue weighted by Gasteiger charge is -2.37. The Labute approximate surface area is 106 Å². The number of pyridine rings is 1. The number of amides is 1. The molecule has 1 saturated heterocycles. The highest BCUT2D eigenvalue weighted by atomic mass is 16.2. The zero-order valence-electron chi connectivity index (χ0n) is 11.0. The summed E-state index contributed by atoms with van der Waals surface area (Å²) in [6, 6.07) is 1.83. The van der Waals surface area contributed by atoms with Crippen molar-refractivity contribution in [3.63, 3.8) is 0 Å². The quantitative estimate of drug-likeness (QED) is 0.762. The van der Waals surface area contributed by atoms with Crippen LogP contribution in [0.1, 0.15) is 29.9 Å². The number of H-pyrrole nitrogens is 1. The van der Waals surface area contributed by atoms with E-state index in [0.29, 0.717) is 6.54 Å². The highest BCUT2D eigenvalue weighted by Gasteiger charge is 2.28. The zero-order valence-corrected chi connectivity index (χ0v) is 11.0. The molecule has 0 aliphatic carbocycles. The van der Waals surface area contributed by atoms with E-state index >= 15 is 0 Å². The molecule has 2 rings (SSSR count). The van der Waals surface area contributed by atoms with Crippen LogP contribution >= 0.6 is 0 Å². The van der Waals surface area contributed by atoms with Gasteiger partial charge >= 0.3 is 0 Å². The van der Waals surface area contributed by atoms with Gasteiger partial charge in [0.1, 0.15) is 5.56 Å². The molecule has 5 heteroatoms. The lowest BCUT2D eigenvalue weighted by molar-refractivity contribution is 0.0614. The fourth-order valence-corrected chi connectivity index (χ4v) is 2.20. The summed E-state index contributed by atoms with van der Waals surface area (Å²) in [4.78, 5) is 28.9. The number of rotatable bonds is 1. The average molecular weight is 249 g/mol. The minimum absolute atomic E-state index is 0.106. The minimum atomic E-state index is -0.213. The fraction of sp³-hybridized carbons (Fsp3) is 0.538. The molecule has 0 spiro atoms. The molecular weight excluding hydrogens is 230 g/mol. The Kier molecular flexibility index (Phi) is 3.52. The third-order valence-corrected chi connectivity index (χ3v) is 3.31. The van der Waals surface area contributed by atoms with Crippen molar-refractivity contribution in [2.45, 2.75) is 32.9 Å². The predicted molar refractivity (Wildman–Crippen MR) is 69.8 cm³/mol. The molecule has 1 amide bonds. The van der Waals surface area contributed by atoms with Gasteiger partial charge in [-0.05, 0) is 20.8 Å². The van der Waals surface area contributed by atoms with E-state index in [-0.39, 0.29) is 29.0 Å². The zero-order chi connectivity index (χ0) is 13.3. The highest BCUT2D eigenvalue weighted by molar-refractivity contribution is 5.94. The van der Waals surface area contributed by atoms with Gasteiger partial charge in [-0.15, -0.1) is 0 Å². The van der Waals surface area contributed by atoms with Crippen molar-refractivity contribution in [3.05, 3.63) is 33.7 Å². The maximum atomic E-state index is 12.4. The molecule has 0 bridgehead atoms. The summed E-state index contributed by atoms with van der Waals surface area (Å²) in [7, 11) is 0. The topological polar surface area (TPSA) is 65.2 Å². The Bertz CT molecular complexity index is 509. The van der Waals surface area contributed by atoms with Crippen LogP contribution in [-0.2, 0) is 0 Å². The Morgan fingerprint density at radius 3 is 2.83 bits per heavy atom. The lowest BCUT2D eigenvalue weighted by atomic mass is 10.1. The Hall–Kier alpha value is -1.62. The van der Waals surface area contributed by atoms with Gasteiger partial charge in [-0.1, -0.05) is 0 Å². The van der Waals surface area contributed by atoms with Gasteiger partial charge < -0.3 is 15.2 Å². The molecule has 2 N–H and O–H groups in total. The van der Waals surface area contributed by atoms with E-state index in [1.165, 1.54) is 12.3 Å². The van der Waals surface area contributed by atoms with Gasteiger partial charge in [0.25, 0.3) is 5.91 Å². The maximum absolute atomic E-state index is 12.4. The van der Waals surface area contributed by atoms with E-state index in [0.717, 1.165) is 12.2 Å². The number of piperazine rings is 1. The monoisotopic (exact) mass is 249 g/mol. The standard InChI is InChI=1S/C13H19N3O2/c1-8-4-12(17)11(6-15-8)13(18)16-7-9(2)14-5-10(16)3/h4,6,9-10,14H,5,7H2,1-3H3,(H,15,17). The molecule has 0 saturated carbocycles. The van der Waals surface area contributed by atoms with Crippen LogP contribution in [0, 0.1) is 6.92 Å². The highest BCUT2D eigenvalue weighted by Crippen LogP contribution is 2.10. The van der Waals surface area contributed by atoms with Crippen LogP contribution in [0.3, 0.4) is 0 Å². The number of nitrogens with one attached hydrogen (secondary N) is 2. The van der Waals surface area contributed by atoms with Crippen LogP contribution in [0.15, 0.2) is 17.1 Å². The first kappa shape index (κ1) is 12.8. The molecule has 0 radical (unpaired) electrons. The molecule has 2 unspecified atom stereocenters. The molecule has 1 aromatic heterocycles. The SMILES string of the molecule is Cc1cc(=O)c(C(=O)N2CC(C)NCC2C)c[nH]1. The second kappa shape index (κ2) is 4.94. The van der Waals surface area contributed by atoms with Crippen LogP contribution in [0.4, 0.5) is 0 Å². The van der Waals surface area contributed by atoms with Crippen molar-refractivity contribution in [2.24, 2.45) is 0 Å². The van der Waals surface area contributed by atoms with E-state index in [9.17, 15) is 9.59 Å². The van der Waals surface area contributed by atoms with E-state index in [4.69, 9.17) is 0 Å². The molecule has 1 aromatic rings. The summed E-state index contributed by atoms with van der Waals surface area (Å²) in [6.07, 6.45) is 1.51. The molecule has 1 fully saturated rings. The van der Waals surface area contributed by atoms with Crippen LogP contribution in [0.5, 0.6) is 0 Å². The molecule has 1 aliphatic rings. The number of aryl methyl sites for hydroxylation is 1. The first-order chi connectivity index (χ1) is 8.49. The number of hydrogen-bond donors (Lipinski definition) is 2. The first-order valence-electron chi connectivity index (χ1n) is 6.22. The molecule has 0 aromatic carbocycles. The van der Waals surface area contributed by atoms with Gasteiger partial charge in [0.2, 0.25) is 0 Å². The van der Waals surface area contributed by atoms with Gasteiger partial charge in [0.05, 0.1) is 0 Å². The second-order valence-corrected chi connectivity index (χ2v) is 5.01. The van der Waals surface area contributed by atoms with Crippen LogP contribution < -0.4 is 10.7 Å². The van der Waals surface area contributed by atoms with Gasteiger partial charge in [0, 0.05) is 43.1 Å². The third kappa shape index (κ3) is 2.46. The molecule has 18 heavy (non-hydrogen) atoms. The Morgan fingerprint density at radius 1 is 1.44 bits per heavy atom. The van der Waals surface area contributed by atoms with Crippen molar-refractivity contribution in [2.75, 3.05) is 13.1 Å². The van der Waals surface area contributed by atoms with Crippen molar-refractivity contribution in [1.29, 1.82) is 0 Å². The smallest absolute Gasteiger partial charge is 0.259 e.